The first-order valence-corrected chi connectivity index (χ1v) is 10.3. The molecule has 1 aliphatic carbocycles. The molecule has 0 fully saturated rings. The van der Waals surface area contributed by atoms with Gasteiger partial charge in [-0.05, 0) is 36.8 Å². The molecule has 9 heteroatoms. The van der Waals surface area contributed by atoms with Gasteiger partial charge in [0.15, 0.2) is 0 Å². The molecule has 0 heterocycles. The van der Waals surface area contributed by atoms with Gasteiger partial charge in [-0.15, -0.1) is 11.6 Å². The van der Waals surface area contributed by atoms with E-state index in [1.54, 1.807) is 44.3 Å². The molecular formula is C18H20Cl2FN3O2S. The van der Waals surface area contributed by atoms with Crippen LogP contribution in [-0.4, -0.2) is 38.2 Å². The molecule has 1 atom stereocenters. The van der Waals surface area contributed by atoms with Gasteiger partial charge in [0.2, 0.25) is 0 Å². The zero-order valence-electron chi connectivity index (χ0n) is 14.9. The second kappa shape index (κ2) is 9.39. The lowest BCUT2D eigenvalue weighted by Crippen LogP contribution is -2.18. The van der Waals surface area contributed by atoms with Gasteiger partial charge in [-0.1, -0.05) is 35.9 Å². The van der Waals surface area contributed by atoms with Crippen LogP contribution < -0.4 is 4.72 Å². The highest BCUT2D eigenvalue weighted by molar-refractivity contribution is 7.96. The highest BCUT2D eigenvalue weighted by Crippen LogP contribution is 2.26. The summed E-state index contributed by atoms with van der Waals surface area (Å²) in [6.07, 6.45) is 7.76. The molecule has 1 aromatic carbocycles. The molecule has 0 radical (unpaired) electrons. The van der Waals surface area contributed by atoms with Crippen LogP contribution in [0.25, 0.3) is 0 Å². The second-order valence-electron chi connectivity index (χ2n) is 5.95. The van der Waals surface area contributed by atoms with Crippen LogP contribution in [0.2, 0.25) is 5.02 Å². The van der Waals surface area contributed by atoms with Gasteiger partial charge in [-0.3, -0.25) is 9.73 Å². The summed E-state index contributed by atoms with van der Waals surface area (Å²) in [5.41, 5.74) is 1.29. The number of anilines is 1. The van der Waals surface area contributed by atoms with Gasteiger partial charge in [0, 0.05) is 12.1 Å². The quantitative estimate of drug-likeness (QED) is 0.393. The largest absolute Gasteiger partial charge is 0.296 e. The molecule has 5 nitrogen and oxygen atoms in total. The van der Waals surface area contributed by atoms with Crippen LogP contribution in [0.15, 0.2) is 58.6 Å². The fraction of sp³-hybridized carbons (Fsp3) is 0.278. The van der Waals surface area contributed by atoms with Crippen molar-refractivity contribution in [1.29, 1.82) is 0 Å². The lowest BCUT2D eigenvalue weighted by atomic mass is 10.2. The van der Waals surface area contributed by atoms with E-state index >= 15 is 0 Å². The van der Waals surface area contributed by atoms with E-state index in [1.165, 1.54) is 23.2 Å². The number of hydrazone groups is 1. The summed E-state index contributed by atoms with van der Waals surface area (Å²) in [6.45, 7) is 1.19. The SMILES string of the molecule is C/C(CF)=N/N(C)Cc1ccc(Cl)cc1NS(=O)(=O)C1=CC=CC(Cl)C=C1. The minimum absolute atomic E-state index is 0.0764. The van der Waals surface area contributed by atoms with Gasteiger partial charge in [0.05, 0.1) is 28.2 Å². The lowest BCUT2D eigenvalue weighted by Gasteiger charge is -2.18. The Hall–Kier alpha value is -1.83. The molecule has 0 bridgehead atoms. The predicted molar refractivity (Wildman–Crippen MR) is 111 cm³/mol. The number of allylic oxidation sites excluding steroid dienone is 5. The zero-order valence-corrected chi connectivity index (χ0v) is 17.2. The molecule has 1 aromatic rings. The molecule has 1 aliphatic rings. The van der Waals surface area contributed by atoms with Crippen LogP contribution in [0.3, 0.4) is 0 Å². The number of benzene rings is 1. The fourth-order valence-electron chi connectivity index (χ4n) is 2.33. The number of rotatable bonds is 7. The van der Waals surface area contributed by atoms with Gasteiger partial charge in [-0.25, -0.2) is 12.8 Å². The normalized spacial score (nSPS) is 17.4. The van der Waals surface area contributed by atoms with Gasteiger partial charge < -0.3 is 0 Å². The van der Waals surface area contributed by atoms with E-state index in [0.29, 0.717) is 22.0 Å². The maximum absolute atomic E-state index is 12.7. The number of hydrogen-bond acceptors (Lipinski definition) is 4. The average Bonchev–Trinajstić information content (AvgIpc) is 2.82. The van der Waals surface area contributed by atoms with E-state index in [0.717, 1.165) is 0 Å². The van der Waals surface area contributed by atoms with Crippen LogP contribution in [0.5, 0.6) is 0 Å². The van der Waals surface area contributed by atoms with E-state index in [1.807, 2.05) is 0 Å². The van der Waals surface area contributed by atoms with E-state index in [-0.39, 0.29) is 16.8 Å². The van der Waals surface area contributed by atoms with Gasteiger partial charge in [-0.2, -0.15) is 5.10 Å². The van der Waals surface area contributed by atoms with Crippen molar-refractivity contribution in [2.75, 3.05) is 18.4 Å². The summed E-state index contributed by atoms with van der Waals surface area (Å²) in [5, 5.41) is 5.62. The van der Waals surface area contributed by atoms with Crippen molar-refractivity contribution in [3.63, 3.8) is 0 Å². The number of alkyl halides is 2. The van der Waals surface area contributed by atoms with E-state index in [4.69, 9.17) is 23.2 Å². The monoisotopic (exact) mass is 431 g/mol. The first-order chi connectivity index (χ1) is 12.7. The molecule has 27 heavy (non-hydrogen) atoms. The fourth-order valence-corrected chi connectivity index (χ4v) is 3.77. The summed E-state index contributed by atoms with van der Waals surface area (Å²) in [6, 6.07) is 4.87. The van der Waals surface area contributed by atoms with E-state index < -0.39 is 16.7 Å². The Balaban J connectivity index is 2.30. The first-order valence-electron chi connectivity index (χ1n) is 8.04. The summed E-state index contributed by atoms with van der Waals surface area (Å²) in [5.74, 6) is 0. The van der Waals surface area contributed by atoms with E-state index in [2.05, 4.69) is 9.82 Å². The van der Waals surface area contributed by atoms with Crippen molar-refractivity contribution in [1.82, 2.24) is 5.01 Å². The Morgan fingerprint density at radius 3 is 2.81 bits per heavy atom. The second-order valence-corrected chi connectivity index (χ2v) is 8.57. The molecule has 0 spiro atoms. The number of nitrogens with zero attached hydrogens (tertiary/aromatic N) is 2. The molecule has 0 saturated heterocycles. The van der Waals surface area contributed by atoms with Crippen molar-refractivity contribution >= 4 is 44.6 Å². The van der Waals surface area contributed by atoms with Crippen molar-refractivity contribution in [2.24, 2.45) is 5.10 Å². The summed E-state index contributed by atoms with van der Waals surface area (Å²) in [4.78, 5) is 0.0764. The third-order valence-electron chi connectivity index (χ3n) is 3.56. The van der Waals surface area contributed by atoms with Crippen LogP contribution in [-0.2, 0) is 16.6 Å². The molecular weight excluding hydrogens is 412 g/mol. The number of halogens is 3. The highest BCUT2D eigenvalue weighted by Gasteiger charge is 2.18. The van der Waals surface area contributed by atoms with Crippen molar-refractivity contribution in [3.8, 4) is 0 Å². The molecule has 2 rings (SSSR count). The molecule has 0 amide bonds. The zero-order chi connectivity index (χ0) is 20.0. The molecule has 0 saturated carbocycles. The molecule has 146 valence electrons. The van der Waals surface area contributed by atoms with E-state index in [9.17, 15) is 12.8 Å². The minimum atomic E-state index is -3.84. The van der Waals surface area contributed by atoms with Crippen LogP contribution in [0.1, 0.15) is 12.5 Å². The van der Waals surface area contributed by atoms with Gasteiger partial charge in [0.1, 0.15) is 6.67 Å². The standard InChI is InChI=1S/C18H20Cl2FN3O2S/c1-13(11-21)22-24(2)12-14-6-7-16(20)10-18(14)23-27(25,26)17-5-3-4-15(19)8-9-17/h3-10,15,23H,11-12H2,1-2H3/b22-13-. The van der Waals surface area contributed by atoms with Crippen molar-refractivity contribution in [3.05, 3.63) is 64.1 Å². The predicted octanol–water partition coefficient (Wildman–Crippen LogP) is 4.48. The van der Waals surface area contributed by atoms with Crippen LogP contribution >= 0.6 is 23.2 Å². The number of sulfonamides is 1. The van der Waals surface area contributed by atoms with Crippen LogP contribution in [0.4, 0.5) is 10.1 Å². The average molecular weight is 432 g/mol. The first kappa shape index (κ1) is 21.5. The number of hydrogen-bond donors (Lipinski definition) is 1. The van der Waals surface area contributed by atoms with Crippen molar-refractivity contribution in [2.45, 2.75) is 18.8 Å². The third kappa shape index (κ3) is 6.37. The minimum Gasteiger partial charge on any atom is -0.296 e. The van der Waals surface area contributed by atoms with Crippen LogP contribution in [0, 0.1) is 0 Å². The molecule has 1 unspecified atom stereocenters. The maximum Gasteiger partial charge on any atom is 0.261 e. The Bertz CT molecular complexity index is 911. The smallest absolute Gasteiger partial charge is 0.261 e. The topological polar surface area (TPSA) is 61.8 Å². The summed E-state index contributed by atoms with van der Waals surface area (Å²) in [7, 11) is -2.17. The molecule has 0 aliphatic heterocycles. The number of nitrogens with one attached hydrogen (secondary N) is 1. The molecule has 0 aromatic heterocycles. The molecule has 1 N–H and O–H groups in total. The summed E-state index contributed by atoms with van der Waals surface area (Å²) < 4.78 is 40.7. The van der Waals surface area contributed by atoms with Gasteiger partial charge >= 0.3 is 0 Å². The summed E-state index contributed by atoms with van der Waals surface area (Å²) >= 11 is 12.0. The van der Waals surface area contributed by atoms with Crippen molar-refractivity contribution < 1.29 is 12.8 Å². The maximum atomic E-state index is 12.7. The Morgan fingerprint density at radius 2 is 2.11 bits per heavy atom. The lowest BCUT2D eigenvalue weighted by molar-refractivity contribution is 0.344. The highest BCUT2D eigenvalue weighted by atomic mass is 35.5. The Labute approximate surface area is 168 Å². The Morgan fingerprint density at radius 1 is 1.37 bits per heavy atom. The Kier molecular flexibility index (Phi) is 7.47. The third-order valence-corrected chi connectivity index (χ3v) is 5.47. The van der Waals surface area contributed by atoms with Gasteiger partial charge in [0.25, 0.3) is 10.0 Å².